The molecule has 0 aliphatic rings. The van der Waals surface area contributed by atoms with Gasteiger partial charge in [0, 0.05) is 5.97 Å². The summed E-state index contributed by atoms with van der Waals surface area (Å²) in [5.74, 6) is -0.917. The van der Waals surface area contributed by atoms with Gasteiger partial charge in [0.25, 0.3) is 0 Å². The minimum Gasteiger partial charge on any atom is -0.550 e. The van der Waals surface area contributed by atoms with Gasteiger partial charge < -0.3 is 20.2 Å². The van der Waals surface area contributed by atoms with Crippen molar-refractivity contribution in [3.05, 3.63) is 0 Å². The molecule has 10 heavy (non-hydrogen) atoms. The van der Waals surface area contributed by atoms with Gasteiger partial charge in [-0.05, 0) is 20.8 Å². The summed E-state index contributed by atoms with van der Waals surface area (Å²) in [4.78, 5) is 18.3. The Labute approximate surface area is 103 Å². The Balaban J connectivity index is -0.0000000300. The number of Topliss-reactive ketones (excluding diaryl/α,β-unsaturated/α-hetero) is 1. The van der Waals surface area contributed by atoms with Crippen LogP contribution in [0, 0.1) is 0 Å². The van der Waals surface area contributed by atoms with Crippen LogP contribution in [0.3, 0.4) is 0 Å². The van der Waals surface area contributed by atoms with Gasteiger partial charge >= 0.3 is 51.4 Å². The van der Waals surface area contributed by atoms with Crippen molar-refractivity contribution < 1.29 is 71.6 Å². The van der Waals surface area contributed by atoms with E-state index in [9.17, 15) is 4.79 Å². The molecule has 0 saturated heterocycles. The molecule has 0 unspecified atom stereocenters. The molecule has 0 aromatic rings. The van der Waals surface area contributed by atoms with E-state index in [0.29, 0.717) is 0 Å². The standard InChI is InChI=1S/C3H6O.C2H4O2.K.H2O/c1-3(2)4;1-2(3)4;;/h1-2H3;1H3,(H,3,4);;1H2/q;;+1;/p-1. The zero-order valence-electron chi connectivity index (χ0n) is 6.72. The first-order valence-corrected chi connectivity index (χ1v) is 2.11. The van der Waals surface area contributed by atoms with Crippen LogP contribution in [0.4, 0.5) is 0 Å². The van der Waals surface area contributed by atoms with Crippen molar-refractivity contribution in [1.29, 1.82) is 0 Å². The van der Waals surface area contributed by atoms with Gasteiger partial charge in [-0.1, -0.05) is 0 Å². The third-order valence-corrected chi connectivity index (χ3v) is 0. The molecule has 5 heteroatoms. The Morgan fingerprint density at radius 2 is 1.10 bits per heavy atom. The first-order valence-electron chi connectivity index (χ1n) is 2.11. The van der Waals surface area contributed by atoms with Crippen molar-refractivity contribution in [1.82, 2.24) is 0 Å². The summed E-state index contributed by atoms with van der Waals surface area (Å²) in [5.41, 5.74) is 0. The summed E-state index contributed by atoms with van der Waals surface area (Å²) in [6.45, 7) is 4.03. The molecular formula is C5H11KO4. The molecule has 0 rings (SSSR count). The summed E-state index contributed by atoms with van der Waals surface area (Å²) < 4.78 is 0. The van der Waals surface area contributed by atoms with Gasteiger partial charge in [0.2, 0.25) is 0 Å². The summed E-state index contributed by atoms with van der Waals surface area (Å²) in [7, 11) is 0. The molecule has 0 radical (unpaired) electrons. The van der Waals surface area contributed by atoms with E-state index in [1.54, 1.807) is 0 Å². The predicted molar refractivity (Wildman–Crippen MR) is 30.6 cm³/mol. The normalized spacial score (nSPS) is 5.10. The maximum Gasteiger partial charge on any atom is 1.00 e. The number of hydrogen-bond acceptors (Lipinski definition) is 3. The van der Waals surface area contributed by atoms with Crippen molar-refractivity contribution in [2.45, 2.75) is 20.8 Å². The van der Waals surface area contributed by atoms with Crippen molar-refractivity contribution in [3.63, 3.8) is 0 Å². The van der Waals surface area contributed by atoms with Gasteiger partial charge in [0.05, 0.1) is 0 Å². The second-order valence-electron chi connectivity index (χ2n) is 1.40. The van der Waals surface area contributed by atoms with Crippen LogP contribution in [0.25, 0.3) is 0 Å². The molecule has 0 aromatic heterocycles. The van der Waals surface area contributed by atoms with E-state index in [4.69, 9.17) is 9.90 Å². The number of hydrogen-bond donors (Lipinski definition) is 0. The second kappa shape index (κ2) is 16.4. The molecule has 0 aromatic carbocycles. The molecule has 0 aliphatic heterocycles. The molecule has 4 nitrogen and oxygen atoms in total. The van der Waals surface area contributed by atoms with E-state index in [1.807, 2.05) is 0 Å². The fraction of sp³-hybridized carbons (Fsp3) is 0.600. The maximum atomic E-state index is 9.44. The third kappa shape index (κ3) is 964. The summed E-state index contributed by atoms with van der Waals surface area (Å²) in [6.07, 6.45) is 0. The van der Waals surface area contributed by atoms with Gasteiger partial charge in [0.1, 0.15) is 5.78 Å². The Hall–Kier alpha value is 0.736. The largest absolute Gasteiger partial charge is 1.00 e. The molecule has 0 aliphatic carbocycles. The molecule has 0 saturated carbocycles. The maximum absolute atomic E-state index is 9.44. The van der Waals surface area contributed by atoms with Crippen molar-refractivity contribution in [2.24, 2.45) is 0 Å². The Morgan fingerprint density at radius 3 is 1.10 bits per heavy atom. The van der Waals surface area contributed by atoms with Crippen LogP contribution in [-0.4, -0.2) is 17.2 Å². The third-order valence-electron chi connectivity index (χ3n) is 0. The molecule has 0 bridgehead atoms. The number of aliphatic carboxylic acids is 1. The van der Waals surface area contributed by atoms with Crippen molar-refractivity contribution in [2.75, 3.05) is 0 Å². The Kier molecular flexibility index (Phi) is 36.7. The summed E-state index contributed by atoms with van der Waals surface area (Å²) in [6, 6.07) is 0. The van der Waals surface area contributed by atoms with Gasteiger partial charge in [-0.2, -0.15) is 0 Å². The van der Waals surface area contributed by atoms with Gasteiger partial charge in [0.15, 0.2) is 0 Å². The van der Waals surface area contributed by atoms with Crippen LogP contribution < -0.4 is 56.5 Å². The first kappa shape index (κ1) is 22.4. The van der Waals surface area contributed by atoms with Gasteiger partial charge in [-0.25, -0.2) is 0 Å². The van der Waals surface area contributed by atoms with E-state index < -0.39 is 5.97 Å². The van der Waals surface area contributed by atoms with Crippen molar-refractivity contribution in [3.8, 4) is 0 Å². The van der Waals surface area contributed by atoms with E-state index in [-0.39, 0.29) is 62.6 Å². The zero-order valence-corrected chi connectivity index (χ0v) is 9.85. The van der Waals surface area contributed by atoms with E-state index >= 15 is 0 Å². The Morgan fingerprint density at radius 1 is 1.10 bits per heavy atom. The minimum absolute atomic E-state index is 0. The summed E-state index contributed by atoms with van der Waals surface area (Å²) in [5, 5.41) is 8.89. The van der Waals surface area contributed by atoms with Crippen LogP contribution in [0.1, 0.15) is 20.8 Å². The van der Waals surface area contributed by atoms with Crippen LogP contribution >= 0.6 is 0 Å². The minimum atomic E-state index is -1.08. The molecule has 0 fully saturated rings. The predicted octanol–water partition coefficient (Wildman–Crippen LogP) is -4.47. The number of carbonyl (C=O) groups excluding carboxylic acids is 2. The van der Waals surface area contributed by atoms with E-state index in [1.165, 1.54) is 13.8 Å². The molecular weight excluding hydrogens is 163 g/mol. The van der Waals surface area contributed by atoms with Crippen LogP contribution in [-0.2, 0) is 9.59 Å². The van der Waals surface area contributed by atoms with Crippen LogP contribution in [0.5, 0.6) is 0 Å². The molecule has 0 heterocycles. The number of carbonyl (C=O) groups is 2. The van der Waals surface area contributed by atoms with Gasteiger partial charge in [-0.3, -0.25) is 0 Å². The molecule has 0 amide bonds. The number of carboxylic acid groups (broad SMARTS) is 1. The average Bonchev–Trinajstić information content (AvgIpc) is 1.25. The Bertz CT molecular complexity index is 71.6. The summed E-state index contributed by atoms with van der Waals surface area (Å²) >= 11 is 0. The molecule has 56 valence electrons. The van der Waals surface area contributed by atoms with E-state index in [0.717, 1.165) is 6.92 Å². The number of carboxylic acids is 1. The van der Waals surface area contributed by atoms with Crippen molar-refractivity contribution >= 4 is 11.8 Å². The SMILES string of the molecule is CC(=O)[O-].CC(C)=O.O.[K+]. The fourth-order valence-corrected chi connectivity index (χ4v) is 0. The topological polar surface area (TPSA) is 88.7 Å². The van der Waals surface area contributed by atoms with Gasteiger partial charge in [-0.15, -0.1) is 0 Å². The fourth-order valence-electron chi connectivity index (χ4n) is 0. The zero-order chi connectivity index (χ0) is 7.15. The molecule has 0 spiro atoms. The molecule has 2 N–H and O–H groups in total. The number of rotatable bonds is 0. The smallest absolute Gasteiger partial charge is 0.550 e. The van der Waals surface area contributed by atoms with Crippen LogP contribution in [0.2, 0.25) is 0 Å². The number of ketones is 1. The van der Waals surface area contributed by atoms with E-state index in [2.05, 4.69) is 0 Å². The molecule has 0 atom stereocenters. The first-order chi connectivity index (χ1) is 3.46. The average molecular weight is 174 g/mol. The monoisotopic (exact) mass is 174 g/mol. The quantitative estimate of drug-likeness (QED) is 0.347. The van der Waals surface area contributed by atoms with Crippen LogP contribution in [0.15, 0.2) is 0 Å². The second-order valence-corrected chi connectivity index (χ2v) is 1.40.